The molecule has 2 amide bonds. The number of ether oxygens (including phenoxy) is 1. The first-order chi connectivity index (χ1) is 11.6. The maximum Gasteiger partial charge on any atom is 0.254 e. The second-order valence-electron chi connectivity index (χ2n) is 5.57. The lowest BCUT2D eigenvalue weighted by atomic mass is 10.1. The van der Waals surface area contributed by atoms with Gasteiger partial charge in [0.2, 0.25) is 5.91 Å². The molecule has 5 nitrogen and oxygen atoms in total. The van der Waals surface area contributed by atoms with Crippen LogP contribution in [0.4, 0.5) is 5.69 Å². The number of rotatable bonds is 5. The van der Waals surface area contributed by atoms with E-state index in [2.05, 4.69) is 11.9 Å². The largest absolute Gasteiger partial charge is 0.497 e. The van der Waals surface area contributed by atoms with E-state index in [-0.39, 0.29) is 11.8 Å². The monoisotopic (exact) mass is 322 g/mol. The lowest BCUT2D eigenvalue weighted by Gasteiger charge is -2.15. The molecule has 24 heavy (non-hydrogen) atoms. The van der Waals surface area contributed by atoms with Crippen LogP contribution in [0.2, 0.25) is 0 Å². The zero-order chi connectivity index (χ0) is 17.1. The van der Waals surface area contributed by atoms with Crippen LogP contribution in [-0.4, -0.2) is 23.8 Å². The summed E-state index contributed by atoms with van der Waals surface area (Å²) in [6.45, 7) is 4.52. The minimum Gasteiger partial charge on any atom is -0.497 e. The Kier molecular flexibility index (Phi) is 4.33. The Labute approximate surface area is 140 Å². The van der Waals surface area contributed by atoms with Crippen LogP contribution in [0, 0.1) is 0 Å². The number of carbonyl (C=O) groups excluding carboxylic acids is 2. The molecule has 0 saturated carbocycles. The number of benzene rings is 2. The summed E-state index contributed by atoms with van der Waals surface area (Å²) in [4.78, 5) is 25.8. The van der Waals surface area contributed by atoms with Gasteiger partial charge in [0.05, 0.1) is 7.11 Å². The Morgan fingerprint density at radius 3 is 2.71 bits per heavy atom. The average molecular weight is 322 g/mol. The molecule has 0 aliphatic carbocycles. The number of nitrogens with one attached hydrogen (secondary N) is 1. The Morgan fingerprint density at radius 1 is 1.29 bits per heavy atom. The Morgan fingerprint density at radius 2 is 2.04 bits per heavy atom. The summed E-state index contributed by atoms with van der Waals surface area (Å²) in [6, 6.07) is 13.0. The molecule has 2 aromatic carbocycles. The van der Waals surface area contributed by atoms with E-state index in [0.29, 0.717) is 24.3 Å². The Balaban J connectivity index is 1.75. The molecule has 3 rings (SSSR count). The summed E-state index contributed by atoms with van der Waals surface area (Å²) in [5.41, 5.74) is 3.23. The standard InChI is InChI=1S/C19H18N2O3/c1-3-18(22)20-15-7-6-14-12-21(19(23)17(14)10-15)11-13-4-8-16(24-2)9-5-13/h3-10H,1,11-12H2,2H3,(H,20,22). The van der Waals surface area contributed by atoms with E-state index in [4.69, 9.17) is 4.74 Å². The van der Waals surface area contributed by atoms with Crippen molar-refractivity contribution >= 4 is 17.5 Å². The molecular weight excluding hydrogens is 304 g/mol. The molecule has 1 aliphatic rings. The van der Waals surface area contributed by atoms with E-state index in [1.54, 1.807) is 24.1 Å². The maximum atomic E-state index is 12.6. The lowest BCUT2D eigenvalue weighted by Crippen LogP contribution is -2.23. The van der Waals surface area contributed by atoms with Crippen molar-refractivity contribution in [3.63, 3.8) is 0 Å². The van der Waals surface area contributed by atoms with Gasteiger partial charge >= 0.3 is 0 Å². The minimum atomic E-state index is -0.296. The molecule has 5 heteroatoms. The third kappa shape index (κ3) is 3.15. The fourth-order valence-electron chi connectivity index (χ4n) is 2.71. The smallest absolute Gasteiger partial charge is 0.254 e. The highest BCUT2D eigenvalue weighted by molar-refractivity contribution is 6.02. The average Bonchev–Trinajstić information content (AvgIpc) is 2.91. The van der Waals surface area contributed by atoms with Crippen molar-refractivity contribution in [1.82, 2.24) is 4.90 Å². The molecule has 1 aliphatic heterocycles. The number of amides is 2. The Hall–Kier alpha value is -3.08. The van der Waals surface area contributed by atoms with Gasteiger partial charge in [-0.05, 0) is 41.5 Å². The van der Waals surface area contributed by atoms with Crippen molar-refractivity contribution in [2.24, 2.45) is 0 Å². The van der Waals surface area contributed by atoms with Crippen LogP contribution in [0.3, 0.4) is 0 Å². The number of carbonyl (C=O) groups is 2. The van der Waals surface area contributed by atoms with E-state index in [0.717, 1.165) is 16.9 Å². The summed E-state index contributed by atoms with van der Waals surface area (Å²) >= 11 is 0. The molecule has 0 spiro atoms. The second-order valence-corrected chi connectivity index (χ2v) is 5.57. The molecule has 0 atom stereocenters. The molecule has 0 aromatic heterocycles. The topological polar surface area (TPSA) is 58.6 Å². The quantitative estimate of drug-likeness (QED) is 0.861. The predicted molar refractivity (Wildman–Crippen MR) is 91.8 cm³/mol. The molecule has 0 saturated heterocycles. The van der Waals surface area contributed by atoms with Gasteiger partial charge in [-0.15, -0.1) is 0 Å². The lowest BCUT2D eigenvalue weighted by molar-refractivity contribution is -0.111. The van der Waals surface area contributed by atoms with Crippen molar-refractivity contribution in [2.75, 3.05) is 12.4 Å². The van der Waals surface area contributed by atoms with E-state index in [1.165, 1.54) is 6.08 Å². The highest BCUT2D eigenvalue weighted by Gasteiger charge is 2.27. The zero-order valence-corrected chi connectivity index (χ0v) is 13.4. The number of nitrogens with zero attached hydrogens (tertiary/aromatic N) is 1. The molecular formula is C19H18N2O3. The summed E-state index contributed by atoms with van der Waals surface area (Å²) < 4.78 is 5.14. The van der Waals surface area contributed by atoms with Gasteiger partial charge in [-0.1, -0.05) is 24.8 Å². The number of hydrogen-bond acceptors (Lipinski definition) is 3. The zero-order valence-electron chi connectivity index (χ0n) is 13.4. The predicted octanol–water partition coefficient (Wildman–Crippen LogP) is 2.98. The summed E-state index contributed by atoms with van der Waals surface area (Å²) in [5, 5.41) is 2.68. The molecule has 2 aromatic rings. The van der Waals surface area contributed by atoms with Crippen LogP contribution in [0.1, 0.15) is 21.5 Å². The molecule has 1 heterocycles. The summed E-state index contributed by atoms with van der Waals surface area (Å²) in [7, 11) is 1.62. The molecule has 0 fully saturated rings. The molecule has 1 N–H and O–H groups in total. The number of anilines is 1. The van der Waals surface area contributed by atoms with Crippen molar-refractivity contribution in [2.45, 2.75) is 13.1 Å². The van der Waals surface area contributed by atoms with Crippen LogP contribution in [0.5, 0.6) is 5.75 Å². The van der Waals surface area contributed by atoms with Gasteiger partial charge in [-0.3, -0.25) is 9.59 Å². The fourth-order valence-corrected chi connectivity index (χ4v) is 2.71. The molecule has 122 valence electrons. The summed E-state index contributed by atoms with van der Waals surface area (Å²) in [6.07, 6.45) is 1.20. The van der Waals surface area contributed by atoms with Crippen LogP contribution in [0.25, 0.3) is 0 Å². The SMILES string of the molecule is C=CC(=O)Nc1ccc2c(c1)C(=O)N(Cc1ccc(OC)cc1)C2. The van der Waals surface area contributed by atoms with E-state index >= 15 is 0 Å². The normalized spacial score (nSPS) is 12.7. The number of hydrogen-bond donors (Lipinski definition) is 1. The first-order valence-electron chi connectivity index (χ1n) is 7.59. The van der Waals surface area contributed by atoms with Gasteiger partial charge in [-0.25, -0.2) is 0 Å². The third-order valence-electron chi connectivity index (χ3n) is 3.97. The maximum absolute atomic E-state index is 12.6. The minimum absolute atomic E-state index is 0.0319. The van der Waals surface area contributed by atoms with Crippen LogP contribution in [0.15, 0.2) is 55.1 Å². The summed E-state index contributed by atoms with van der Waals surface area (Å²) in [5.74, 6) is 0.461. The molecule has 0 bridgehead atoms. The highest BCUT2D eigenvalue weighted by atomic mass is 16.5. The van der Waals surface area contributed by atoms with Crippen molar-refractivity contribution in [3.05, 3.63) is 71.8 Å². The van der Waals surface area contributed by atoms with Gasteiger partial charge in [0.1, 0.15) is 5.75 Å². The molecule has 0 unspecified atom stereocenters. The van der Waals surface area contributed by atoms with Gasteiger partial charge in [0, 0.05) is 24.3 Å². The van der Waals surface area contributed by atoms with Gasteiger partial charge in [-0.2, -0.15) is 0 Å². The van der Waals surface area contributed by atoms with E-state index < -0.39 is 0 Å². The van der Waals surface area contributed by atoms with Crippen LogP contribution in [-0.2, 0) is 17.9 Å². The van der Waals surface area contributed by atoms with Crippen molar-refractivity contribution < 1.29 is 14.3 Å². The van der Waals surface area contributed by atoms with E-state index in [1.807, 2.05) is 30.3 Å². The van der Waals surface area contributed by atoms with Crippen LogP contribution < -0.4 is 10.1 Å². The Bertz CT molecular complexity index is 797. The van der Waals surface area contributed by atoms with Crippen LogP contribution >= 0.6 is 0 Å². The number of fused-ring (bicyclic) bond motifs is 1. The first kappa shape index (κ1) is 15.8. The first-order valence-corrected chi connectivity index (χ1v) is 7.59. The molecule has 0 radical (unpaired) electrons. The second kappa shape index (κ2) is 6.58. The van der Waals surface area contributed by atoms with Gasteiger partial charge in [0.15, 0.2) is 0 Å². The van der Waals surface area contributed by atoms with Gasteiger partial charge < -0.3 is 15.0 Å². The van der Waals surface area contributed by atoms with Crippen molar-refractivity contribution in [1.29, 1.82) is 0 Å². The highest BCUT2D eigenvalue weighted by Crippen LogP contribution is 2.27. The van der Waals surface area contributed by atoms with E-state index in [9.17, 15) is 9.59 Å². The third-order valence-corrected chi connectivity index (χ3v) is 3.97. The van der Waals surface area contributed by atoms with Gasteiger partial charge in [0.25, 0.3) is 5.91 Å². The van der Waals surface area contributed by atoms with Crippen molar-refractivity contribution in [3.8, 4) is 5.75 Å². The fraction of sp³-hybridized carbons (Fsp3) is 0.158. The number of methoxy groups -OCH3 is 1.